The van der Waals surface area contributed by atoms with Crippen molar-refractivity contribution in [2.75, 3.05) is 5.32 Å². The molecule has 29 heavy (non-hydrogen) atoms. The lowest BCUT2D eigenvalue weighted by Crippen LogP contribution is -2.14. The molecule has 0 aliphatic heterocycles. The molecule has 3 heterocycles. The monoisotopic (exact) mass is 403 g/mol. The lowest BCUT2D eigenvalue weighted by molar-refractivity contribution is 0.101. The van der Waals surface area contributed by atoms with Gasteiger partial charge in [0.15, 0.2) is 11.4 Å². The molecule has 8 nitrogen and oxygen atoms in total. The van der Waals surface area contributed by atoms with E-state index in [1.54, 1.807) is 22.9 Å². The van der Waals surface area contributed by atoms with Crippen LogP contribution in [-0.4, -0.2) is 25.7 Å². The first-order chi connectivity index (χ1) is 14.2. The second-order valence-electron chi connectivity index (χ2n) is 6.16. The van der Waals surface area contributed by atoms with Crippen LogP contribution in [0.25, 0.3) is 27.5 Å². The molecule has 0 radical (unpaired) electrons. The summed E-state index contributed by atoms with van der Waals surface area (Å²) in [6.07, 6.45) is 0. The molecule has 0 atom stereocenters. The second kappa shape index (κ2) is 6.88. The van der Waals surface area contributed by atoms with Gasteiger partial charge < -0.3 is 9.73 Å². The predicted octanol–water partition coefficient (Wildman–Crippen LogP) is 3.68. The first-order valence-electron chi connectivity index (χ1n) is 8.68. The summed E-state index contributed by atoms with van der Waals surface area (Å²) in [6, 6.07) is 18.2. The predicted molar refractivity (Wildman–Crippen MR) is 109 cm³/mol. The van der Waals surface area contributed by atoms with Gasteiger partial charge in [0.1, 0.15) is 0 Å². The number of carbonyl (C=O) groups is 1. The van der Waals surface area contributed by atoms with Crippen molar-refractivity contribution in [1.82, 2.24) is 19.7 Å². The van der Waals surface area contributed by atoms with E-state index < -0.39 is 11.7 Å². The smallest absolute Gasteiger partial charge is 0.408 e. The fourth-order valence-corrected chi connectivity index (χ4v) is 3.64. The minimum absolute atomic E-state index is 0.0398. The number of oxazole rings is 1. The average Bonchev–Trinajstić information content (AvgIpc) is 3.46. The molecule has 2 aromatic carbocycles. The fraction of sp³-hybridized carbons (Fsp3) is 0. The van der Waals surface area contributed by atoms with Crippen LogP contribution in [0.1, 0.15) is 10.6 Å². The molecule has 0 fully saturated rings. The number of hydrogen-bond donors (Lipinski definition) is 2. The third kappa shape index (κ3) is 3.23. The van der Waals surface area contributed by atoms with Crippen molar-refractivity contribution in [2.24, 2.45) is 0 Å². The van der Waals surface area contributed by atoms with Crippen LogP contribution >= 0.6 is 11.3 Å². The standard InChI is InChI=1S/C20H13N5O3S/c26-19(21-12-8-9-15-14(11-12)22-20(27)28-15)17-23-18(16-7-4-10-29-16)25(24-17)13-5-2-1-3-6-13/h1-11H,(H,21,26)(H,22,27). The Bertz CT molecular complexity index is 1370. The minimum Gasteiger partial charge on any atom is -0.408 e. The van der Waals surface area contributed by atoms with Crippen molar-refractivity contribution in [3.63, 3.8) is 0 Å². The van der Waals surface area contributed by atoms with Gasteiger partial charge >= 0.3 is 5.76 Å². The van der Waals surface area contributed by atoms with Crippen LogP contribution in [0.3, 0.4) is 0 Å². The SMILES string of the molecule is O=C(Nc1ccc2oc(=O)[nH]c2c1)c1nc(-c2cccs2)n(-c2ccccc2)n1. The van der Waals surface area contributed by atoms with E-state index in [9.17, 15) is 9.59 Å². The number of carbonyl (C=O) groups excluding carboxylic acids is 1. The summed E-state index contributed by atoms with van der Waals surface area (Å²) in [6.45, 7) is 0. The van der Waals surface area contributed by atoms with E-state index in [2.05, 4.69) is 20.4 Å². The molecule has 9 heteroatoms. The van der Waals surface area contributed by atoms with Crippen molar-refractivity contribution in [1.29, 1.82) is 0 Å². The van der Waals surface area contributed by atoms with E-state index in [0.717, 1.165) is 10.6 Å². The number of hydrogen-bond acceptors (Lipinski definition) is 6. The van der Waals surface area contributed by atoms with Crippen molar-refractivity contribution < 1.29 is 9.21 Å². The number of nitrogens with one attached hydrogen (secondary N) is 2. The average molecular weight is 403 g/mol. The topological polar surface area (TPSA) is 106 Å². The van der Waals surface area contributed by atoms with Crippen LogP contribution in [0.2, 0.25) is 0 Å². The first-order valence-corrected chi connectivity index (χ1v) is 9.56. The Balaban J connectivity index is 1.51. The molecule has 3 aromatic heterocycles. The number of thiophene rings is 1. The fourth-order valence-electron chi connectivity index (χ4n) is 2.94. The lowest BCUT2D eigenvalue weighted by Gasteiger charge is -2.03. The lowest BCUT2D eigenvalue weighted by atomic mass is 10.3. The normalized spacial score (nSPS) is 11.0. The maximum Gasteiger partial charge on any atom is 0.417 e. The Morgan fingerprint density at radius 2 is 1.97 bits per heavy atom. The zero-order chi connectivity index (χ0) is 19.8. The van der Waals surface area contributed by atoms with Gasteiger partial charge in [0, 0.05) is 5.69 Å². The third-order valence-corrected chi connectivity index (χ3v) is 5.10. The van der Waals surface area contributed by atoms with Crippen LogP contribution in [0.15, 0.2) is 75.3 Å². The number of aromatic nitrogens is 4. The number of amides is 1. The molecule has 5 rings (SSSR count). The Hall–Kier alpha value is -3.98. The highest BCUT2D eigenvalue weighted by atomic mass is 32.1. The van der Waals surface area contributed by atoms with E-state index in [0.29, 0.717) is 22.6 Å². The number of fused-ring (bicyclic) bond motifs is 1. The largest absolute Gasteiger partial charge is 0.417 e. The summed E-state index contributed by atoms with van der Waals surface area (Å²) in [7, 11) is 0. The van der Waals surface area contributed by atoms with Crippen LogP contribution in [0, 0.1) is 0 Å². The van der Waals surface area contributed by atoms with E-state index >= 15 is 0 Å². The highest BCUT2D eigenvalue weighted by molar-refractivity contribution is 7.13. The van der Waals surface area contributed by atoms with Gasteiger partial charge in [-0.05, 0) is 41.8 Å². The Labute approximate surface area is 167 Å². The number of anilines is 1. The van der Waals surface area contributed by atoms with E-state index in [1.807, 2.05) is 47.8 Å². The summed E-state index contributed by atoms with van der Waals surface area (Å²) in [5.74, 6) is -0.376. The van der Waals surface area contributed by atoms with E-state index in [4.69, 9.17) is 4.42 Å². The molecular weight excluding hydrogens is 390 g/mol. The van der Waals surface area contributed by atoms with Gasteiger partial charge in [-0.2, -0.15) is 0 Å². The second-order valence-corrected chi connectivity index (χ2v) is 7.11. The van der Waals surface area contributed by atoms with Gasteiger partial charge in [-0.3, -0.25) is 9.78 Å². The van der Waals surface area contributed by atoms with Crippen LogP contribution in [0.5, 0.6) is 0 Å². The summed E-state index contributed by atoms with van der Waals surface area (Å²) in [4.78, 5) is 32.0. The quantitative estimate of drug-likeness (QED) is 0.476. The van der Waals surface area contributed by atoms with Crippen LogP contribution < -0.4 is 11.1 Å². The van der Waals surface area contributed by atoms with Crippen LogP contribution in [-0.2, 0) is 0 Å². The Morgan fingerprint density at radius 1 is 1.10 bits per heavy atom. The molecule has 0 aliphatic carbocycles. The minimum atomic E-state index is -0.549. The highest BCUT2D eigenvalue weighted by Gasteiger charge is 2.19. The molecule has 0 aliphatic rings. The molecule has 0 unspecified atom stereocenters. The molecule has 2 N–H and O–H groups in total. The summed E-state index contributed by atoms with van der Waals surface area (Å²) < 4.78 is 6.62. The summed E-state index contributed by atoms with van der Waals surface area (Å²) >= 11 is 1.52. The number of nitrogens with zero attached hydrogens (tertiary/aromatic N) is 3. The molecule has 0 saturated carbocycles. The van der Waals surface area contributed by atoms with Crippen molar-refractivity contribution >= 4 is 34.0 Å². The Kier molecular flexibility index (Phi) is 4.07. The van der Waals surface area contributed by atoms with Gasteiger partial charge in [0.05, 0.1) is 16.1 Å². The van der Waals surface area contributed by atoms with Gasteiger partial charge in [-0.15, -0.1) is 16.4 Å². The van der Waals surface area contributed by atoms with Gasteiger partial charge in [0.25, 0.3) is 5.91 Å². The summed E-state index contributed by atoms with van der Waals surface area (Å²) in [5.41, 5.74) is 2.21. The molecule has 5 aromatic rings. The van der Waals surface area contributed by atoms with Crippen molar-refractivity contribution in [2.45, 2.75) is 0 Å². The van der Waals surface area contributed by atoms with E-state index in [-0.39, 0.29) is 5.82 Å². The molecule has 0 saturated heterocycles. The third-order valence-electron chi connectivity index (χ3n) is 4.23. The zero-order valence-corrected chi connectivity index (χ0v) is 15.6. The number of rotatable bonds is 4. The number of H-pyrrole nitrogens is 1. The van der Waals surface area contributed by atoms with Gasteiger partial charge in [-0.25, -0.2) is 14.5 Å². The van der Waals surface area contributed by atoms with Crippen LogP contribution in [0.4, 0.5) is 5.69 Å². The van der Waals surface area contributed by atoms with Crippen molar-refractivity contribution in [3.05, 3.63) is 82.4 Å². The maximum atomic E-state index is 12.8. The Morgan fingerprint density at radius 3 is 2.76 bits per heavy atom. The molecular formula is C20H13N5O3S. The first kappa shape index (κ1) is 17.1. The van der Waals surface area contributed by atoms with Gasteiger partial charge in [0.2, 0.25) is 5.82 Å². The number of benzene rings is 2. The number of para-hydroxylation sites is 1. The maximum absolute atomic E-state index is 12.8. The summed E-state index contributed by atoms with van der Waals surface area (Å²) in [5, 5.41) is 9.13. The van der Waals surface area contributed by atoms with Crippen molar-refractivity contribution in [3.8, 4) is 16.4 Å². The van der Waals surface area contributed by atoms with Gasteiger partial charge in [-0.1, -0.05) is 24.3 Å². The number of aromatic amines is 1. The molecule has 0 bridgehead atoms. The molecule has 0 spiro atoms. The zero-order valence-electron chi connectivity index (χ0n) is 14.8. The van der Waals surface area contributed by atoms with E-state index in [1.165, 1.54) is 11.3 Å². The molecule has 1 amide bonds. The highest BCUT2D eigenvalue weighted by Crippen LogP contribution is 2.26. The molecule has 142 valence electrons.